The molecule has 1 aliphatic heterocycles. The van der Waals surface area contributed by atoms with Gasteiger partial charge in [0.25, 0.3) is 0 Å². The maximum absolute atomic E-state index is 15.7. The summed E-state index contributed by atoms with van der Waals surface area (Å²) in [5, 5.41) is 20.7. The summed E-state index contributed by atoms with van der Waals surface area (Å²) in [4.78, 5) is 38.3. The lowest BCUT2D eigenvalue weighted by Crippen LogP contribution is -2.47. The lowest BCUT2D eigenvalue weighted by atomic mass is 10.1. The van der Waals surface area contributed by atoms with Gasteiger partial charge in [-0.05, 0) is 35.9 Å². The predicted molar refractivity (Wildman–Crippen MR) is 153 cm³/mol. The molecule has 210 valence electrons. The number of piperazine rings is 1. The number of aromatic nitrogens is 2. The van der Waals surface area contributed by atoms with Crippen molar-refractivity contribution < 1.29 is 19.1 Å². The molecular formula is C29H26ClFN6O4. The van der Waals surface area contributed by atoms with Gasteiger partial charge in [0, 0.05) is 57.9 Å². The molecule has 10 nitrogen and oxygen atoms in total. The second-order valence-electron chi connectivity index (χ2n) is 9.56. The van der Waals surface area contributed by atoms with E-state index in [1.54, 1.807) is 54.6 Å². The molecule has 2 aromatic carbocycles. The molecular weight excluding hydrogens is 551 g/mol. The average molecular weight is 577 g/mol. The third-order valence-electron chi connectivity index (χ3n) is 7.12. The quantitative estimate of drug-likeness (QED) is 0.325. The van der Waals surface area contributed by atoms with Gasteiger partial charge in [-0.3, -0.25) is 4.79 Å². The Bertz CT molecular complexity index is 1730. The minimum atomic E-state index is -1.42. The van der Waals surface area contributed by atoms with E-state index < -0.39 is 22.8 Å². The summed E-state index contributed by atoms with van der Waals surface area (Å²) in [5.41, 5.74) is 0.942. The monoisotopic (exact) mass is 576 g/mol. The van der Waals surface area contributed by atoms with Crippen molar-refractivity contribution in [3.05, 3.63) is 92.6 Å². The fourth-order valence-electron chi connectivity index (χ4n) is 5.01. The molecule has 41 heavy (non-hydrogen) atoms. The van der Waals surface area contributed by atoms with Crippen molar-refractivity contribution in [3.63, 3.8) is 0 Å². The first-order chi connectivity index (χ1) is 19.7. The molecule has 0 radical (unpaired) electrons. The van der Waals surface area contributed by atoms with Crippen LogP contribution in [-0.4, -0.2) is 66.0 Å². The SMILES string of the molecule is CON(C)Cc1ccc(-n2cc(C(=O)O)c(=O)c3cc(F)c(N4CCN(c5ncccc5C#N)CC4)c(Cl)c32)cc1. The molecule has 0 atom stereocenters. The molecule has 0 saturated carbocycles. The van der Waals surface area contributed by atoms with Crippen LogP contribution in [0.5, 0.6) is 0 Å². The molecule has 1 aliphatic rings. The van der Waals surface area contributed by atoms with Crippen molar-refractivity contribution in [2.24, 2.45) is 0 Å². The first-order valence-electron chi connectivity index (χ1n) is 12.7. The smallest absolute Gasteiger partial charge is 0.341 e. The predicted octanol–water partition coefficient (Wildman–Crippen LogP) is 4.07. The van der Waals surface area contributed by atoms with Gasteiger partial charge < -0.3 is 24.3 Å². The number of hydroxylamine groups is 2. The summed E-state index contributed by atoms with van der Waals surface area (Å²) in [6.07, 6.45) is 2.84. The van der Waals surface area contributed by atoms with Crippen LogP contribution in [0.4, 0.5) is 15.9 Å². The van der Waals surface area contributed by atoms with E-state index >= 15 is 4.39 Å². The van der Waals surface area contributed by atoms with Crippen LogP contribution in [0.25, 0.3) is 16.6 Å². The molecule has 0 unspecified atom stereocenters. The Labute approximate surface area is 239 Å². The van der Waals surface area contributed by atoms with Crippen LogP contribution in [0.1, 0.15) is 21.5 Å². The Balaban J connectivity index is 1.58. The zero-order valence-corrected chi connectivity index (χ0v) is 23.1. The minimum Gasteiger partial charge on any atom is -0.477 e. The summed E-state index contributed by atoms with van der Waals surface area (Å²) in [6, 6.07) is 13.8. The highest BCUT2D eigenvalue weighted by molar-refractivity contribution is 6.38. The van der Waals surface area contributed by atoms with E-state index in [-0.39, 0.29) is 21.6 Å². The molecule has 5 rings (SSSR count). The summed E-state index contributed by atoms with van der Waals surface area (Å²) in [6.45, 7) is 2.19. The largest absolute Gasteiger partial charge is 0.477 e. The van der Waals surface area contributed by atoms with E-state index in [0.29, 0.717) is 49.8 Å². The Morgan fingerprint density at radius 3 is 2.51 bits per heavy atom. The number of fused-ring (bicyclic) bond motifs is 1. The first kappa shape index (κ1) is 28.0. The molecule has 1 N–H and O–H groups in total. The zero-order valence-electron chi connectivity index (χ0n) is 22.3. The van der Waals surface area contributed by atoms with E-state index in [9.17, 15) is 20.0 Å². The molecule has 0 aliphatic carbocycles. The second-order valence-corrected chi connectivity index (χ2v) is 9.94. The number of aromatic carboxylic acids is 1. The van der Waals surface area contributed by atoms with Crippen LogP contribution < -0.4 is 15.2 Å². The van der Waals surface area contributed by atoms with Crippen LogP contribution >= 0.6 is 11.6 Å². The summed E-state index contributed by atoms with van der Waals surface area (Å²) < 4.78 is 17.2. The lowest BCUT2D eigenvalue weighted by molar-refractivity contribution is -0.116. The van der Waals surface area contributed by atoms with Gasteiger partial charge in [0.2, 0.25) is 5.43 Å². The number of pyridine rings is 2. The summed E-state index contributed by atoms with van der Waals surface area (Å²) in [7, 11) is 3.35. The minimum absolute atomic E-state index is 0.00114. The molecule has 0 spiro atoms. The Morgan fingerprint density at radius 1 is 1.20 bits per heavy atom. The van der Waals surface area contributed by atoms with Gasteiger partial charge in [-0.2, -0.15) is 10.3 Å². The van der Waals surface area contributed by atoms with Gasteiger partial charge in [-0.1, -0.05) is 23.7 Å². The van der Waals surface area contributed by atoms with Gasteiger partial charge in [-0.15, -0.1) is 0 Å². The van der Waals surface area contributed by atoms with Crippen LogP contribution in [-0.2, 0) is 11.4 Å². The first-order valence-corrected chi connectivity index (χ1v) is 13.1. The number of benzene rings is 2. The second kappa shape index (κ2) is 11.5. The maximum atomic E-state index is 15.7. The number of halogens is 2. The molecule has 2 aromatic heterocycles. The van der Waals surface area contributed by atoms with Crippen LogP contribution in [0, 0.1) is 17.1 Å². The average Bonchev–Trinajstić information content (AvgIpc) is 2.98. The van der Waals surface area contributed by atoms with E-state index in [0.717, 1.165) is 11.6 Å². The third-order valence-corrected chi connectivity index (χ3v) is 7.48. The van der Waals surface area contributed by atoms with Crippen LogP contribution in [0.2, 0.25) is 5.02 Å². The zero-order chi connectivity index (χ0) is 29.3. The Morgan fingerprint density at radius 2 is 1.88 bits per heavy atom. The van der Waals surface area contributed by atoms with Crippen LogP contribution in [0.3, 0.4) is 0 Å². The number of nitrogens with zero attached hydrogens (tertiary/aromatic N) is 6. The van der Waals surface area contributed by atoms with Gasteiger partial charge in [-0.25, -0.2) is 14.2 Å². The highest BCUT2D eigenvalue weighted by Gasteiger charge is 2.27. The number of carbonyl (C=O) groups is 1. The lowest BCUT2D eigenvalue weighted by Gasteiger charge is -2.37. The number of carboxylic acid groups (broad SMARTS) is 1. The number of hydrogen-bond acceptors (Lipinski definition) is 8. The summed E-state index contributed by atoms with van der Waals surface area (Å²) >= 11 is 6.88. The van der Waals surface area contributed by atoms with Gasteiger partial charge in [0.15, 0.2) is 0 Å². The molecule has 4 aromatic rings. The van der Waals surface area contributed by atoms with Crippen molar-refractivity contribution in [1.29, 1.82) is 5.26 Å². The van der Waals surface area contributed by atoms with E-state index in [4.69, 9.17) is 16.4 Å². The summed E-state index contributed by atoms with van der Waals surface area (Å²) in [5.74, 6) is -1.59. The molecule has 0 amide bonds. The van der Waals surface area contributed by atoms with Gasteiger partial charge in [0.1, 0.15) is 23.3 Å². The Hall–Kier alpha value is -4.50. The fraction of sp³-hybridized carbons (Fsp3) is 0.241. The standard InChI is InChI=1S/C29H26ClFN6O4/c1-34(41-2)16-18-5-7-20(8-6-18)37-17-22(29(39)40)27(38)21-14-23(31)26(24(30)25(21)37)35-10-12-36(13-11-35)28-19(15-32)4-3-9-33-28/h3-9,14,17H,10-13,16H2,1-2H3,(H,39,40). The number of carboxylic acids is 1. The highest BCUT2D eigenvalue weighted by atomic mass is 35.5. The van der Waals surface area contributed by atoms with E-state index in [1.807, 2.05) is 17.0 Å². The van der Waals surface area contributed by atoms with E-state index in [1.165, 1.54) is 10.8 Å². The molecule has 1 saturated heterocycles. The van der Waals surface area contributed by atoms with Crippen molar-refractivity contribution in [1.82, 2.24) is 14.6 Å². The maximum Gasteiger partial charge on any atom is 0.341 e. The molecule has 1 fully saturated rings. The molecule has 3 heterocycles. The van der Waals surface area contributed by atoms with Crippen molar-refractivity contribution in [3.8, 4) is 11.8 Å². The Kier molecular flexibility index (Phi) is 7.90. The number of hydrogen-bond donors (Lipinski definition) is 1. The number of nitriles is 1. The molecule has 0 bridgehead atoms. The van der Waals surface area contributed by atoms with Gasteiger partial charge >= 0.3 is 5.97 Å². The van der Waals surface area contributed by atoms with Crippen LogP contribution in [0.15, 0.2) is 59.7 Å². The van der Waals surface area contributed by atoms with Crippen molar-refractivity contribution in [2.75, 3.05) is 50.1 Å². The highest BCUT2D eigenvalue weighted by Crippen LogP contribution is 2.37. The number of anilines is 2. The van der Waals surface area contributed by atoms with Gasteiger partial charge in [0.05, 0.1) is 34.3 Å². The van der Waals surface area contributed by atoms with Crippen molar-refractivity contribution in [2.45, 2.75) is 6.54 Å². The third kappa shape index (κ3) is 5.32. The normalized spacial score (nSPS) is 13.6. The van der Waals surface area contributed by atoms with Crippen molar-refractivity contribution >= 4 is 40.0 Å². The topological polar surface area (TPSA) is 115 Å². The fourth-order valence-corrected chi connectivity index (χ4v) is 5.41. The number of rotatable bonds is 7. The molecule has 12 heteroatoms. The van der Waals surface area contributed by atoms with E-state index in [2.05, 4.69) is 11.1 Å².